The van der Waals surface area contributed by atoms with Crippen molar-refractivity contribution in [3.8, 4) is 11.5 Å². The number of methoxy groups -OCH3 is 2. The van der Waals surface area contributed by atoms with E-state index in [-0.39, 0.29) is 26.4 Å². The first-order valence-corrected chi connectivity index (χ1v) is 9.93. The van der Waals surface area contributed by atoms with Crippen LogP contribution in [0.5, 0.6) is 11.5 Å². The summed E-state index contributed by atoms with van der Waals surface area (Å²) < 4.78 is 32.2. The van der Waals surface area contributed by atoms with Gasteiger partial charge in [0.2, 0.25) is 0 Å². The predicted molar refractivity (Wildman–Crippen MR) is 119 cm³/mol. The lowest BCUT2D eigenvalue weighted by Gasteiger charge is -2.18. The molecule has 2 unspecified atom stereocenters. The van der Waals surface area contributed by atoms with Crippen molar-refractivity contribution < 1.29 is 38.0 Å². The van der Waals surface area contributed by atoms with E-state index in [4.69, 9.17) is 28.4 Å². The molecule has 2 rings (SSSR count). The molecule has 0 heterocycles. The minimum Gasteiger partial charge on any atom is -0.490 e. The molecule has 0 saturated heterocycles. The molecular weight excluding hydrogens is 416 g/mol. The maximum atomic E-state index is 11.5. The van der Waals surface area contributed by atoms with Crippen molar-refractivity contribution in [3.63, 3.8) is 0 Å². The van der Waals surface area contributed by atoms with E-state index < -0.39 is 24.1 Å². The molecule has 0 radical (unpaired) electrons. The Morgan fingerprint density at radius 3 is 2.00 bits per heavy atom. The molecule has 0 aliphatic carbocycles. The molecule has 0 fully saturated rings. The summed E-state index contributed by atoms with van der Waals surface area (Å²) in [6.07, 6.45) is 1.05. The maximum absolute atomic E-state index is 11.5. The summed E-state index contributed by atoms with van der Waals surface area (Å²) in [7, 11) is 3.03. The van der Waals surface area contributed by atoms with Crippen molar-refractivity contribution >= 4 is 22.7 Å². The van der Waals surface area contributed by atoms with Crippen LogP contribution in [0.2, 0.25) is 0 Å². The molecular formula is C24H28O8. The van der Waals surface area contributed by atoms with E-state index in [1.165, 1.54) is 14.2 Å². The summed E-state index contributed by atoms with van der Waals surface area (Å²) in [5.74, 6) is 0.145. The Morgan fingerprint density at radius 2 is 1.44 bits per heavy atom. The average molecular weight is 444 g/mol. The van der Waals surface area contributed by atoms with E-state index >= 15 is 0 Å². The van der Waals surface area contributed by atoms with Gasteiger partial charge in [0, 0.05) is 31.8 Å². The minimum absolute atomic E-state index is 0.123. The lowest BCUT2D eigenvalue weighted by atomic mass is 10.1. The van der Waals surface area contributed by atoms with Gasteiger partial charge in [-0.2, -0.15) is 0 Å². The number of hydrogen-bond donors (Lipinski definition) is 0. The number of benzene rings is 2. The van der Waals surface area contributed by atoms with E-state index in [0.717, 1.165) is 22.9 Å². The molecule has 0 spiro atoms. The normalized spacial score (nSPS) is 12.4. The highest BCUT2D eigenvalue weighted by atomic mass is 16.6. The monoisotopic (exact) mass is 444 g/mol. The Labute approximate surface area is 187 Å². The van der Waals surface area contributed by atoms with Crippen LogP contribution in [-0.2, 0) is 28.5 Å². The van der Waals surface area contributed by atoms with Crippen LogP contribution in [0, 0.1) is 0 Å². The first kappa shape index (κ1) is 24.9. The van der Waals surface area contributed by atoms with Gasteiger partial charge in [0.25, 0.3) is 0 Å². The summed E-state index contributed by atoms with van der Waals surface area (Å²) in [6, 6.07) is 11.1. The smallest absolute Gasteiger partial charge is 0.330 e. The third-order valence-electron chi connectivity index (χ3n) is 4.28. The number of ether oxygens (including phenoxy) is 6. The van der Waals surface area contributed by atoms with Crippen LogP contribution < -0.4 is 9.47 Å². The second kappa shape index (κ2) is 13.1. The highest BCUT2D eigenvalue weighted by Gasteiger charge is 2.16. The van der Waals surface area contributed by atoms with Gasteiger partial charge in [-0.15, -0.1) is 0 Å². The molecule has 0 aliphatic rings. The van der Waals surface area contributed by atoms with Gasteiger partial charge in [-0.1, -0.05) is 25.3 Å². The van der Waals surface area contributed by atoms with Gasteiger partial charge in [0.05, 0.1) is 13.2 Å². The number of hydrogen-bond acceptors (Lipinski definition) is 8. The molecule has 2 aromatic carbocycles. The Kier molecular flexibility index (Phi) is 10.2. The summed E-state index contributed by atoms with van der Waals surface area (Å²) in [5, 5.41) is 1.75. The van der Waals surface area contributed by atoms with Gasteiger partial charge in [-0.05, 0) is 29.7 Å². The highest BCUT2D eigenvalue weighted by molar-refractivity contribution is 5.89. The average Bonchev–Trinajstić information content (AvgIpc) is 2.80. The van der Waals surface area contributed by atoms with Crippen LogP contribution >= 0.6 is 0 Å². The molecule has 8 nitrogen and oxygen atoms in total. The van der Waals surface area contributed by atoms with Crippen molar-refractivity contribution in [1.82, 2.24) is 0 Å². The zero-order valence-electron chi connectivity index (χ0n) is 18.3. The maximum Gasteiger partial charge on any atom is 0.330 e. The second-order valence-corrected chi connectivity index (χ2v) is 6.70. The number of carbonyl (C=O) groups excluding carboxylic acids is 2. The molecule has 0 saturated carbocycles. The van der Waals surface area contributed by atoms with E-state index in [0.29, 0.717) is 11.5 Å². The van der Waals surface area contributed by atoms with Crippen LogP contribution in [0.3, 0.4) is 0 Å². The third-order valence-corrected chi connectivity index (χ3v) is 4.28. The van der Waals surface area contributed by atoms with Crippen LogP contribution in [0.15, 0.2) is 61.7 Å². The van der Waals surface area contributed by atoms with Crippen LogP contribution in [0.1, 0.15) is 0 Å². The first-order valence-electron chi connectivity index (χ1n) is 9.93. The number of esters is 2. The van der Waals surface area contributed by atoms with Crippen molar-refractivity contribution in [3.05, 3.63) is 61.7 Å². The van der Waals surface area contributed by atoms with Crippen LogP contribution in [0.4, 0.5) is 0 Å². The topological polar surface area (TPSA) is 89.5 Å². The van der Waals surface area contributed by atoms with Crippen LogP contribution in [0.25, 0.3) is 10.8 Å². The lowest BCUT2D eigenvalue weighted by Crippen LogP contribution is -2.29. The molecule has 0 amide bonds. The number of carbonyl (C=O) groups is 2. The zero-order valence-corrected chi connectivity index (χ0v) is 18.3. The largest absolute Gasteiger partial charge is 0.490 e. The first-order chi connectivity index (χ1) is 15.5. The van der Waals surface area contributed by atoms with E-state index in [9.17, 15) is 9.59 Å². The number of fused-ring (bicyclic) bond motifs is 1. The van der Waals surface area contributed by atoms with Gasteiger partial charge in [0.15, 0.2) is 12.2 Å². The molecule has 2 aromatic rings. The summed E-state index contributed by atoms with van der Waals surface area (Å²) in [6.45, 7) is 7.42. The van der Waals surface area contributed by atoms with Gasteiger partial charge in [-0.25, -0.2) is 9.59 Å². The second-order valence-electron chi connectivity index (χ2n) is 6.70. The van der Waals surface area contributed by atoms with Crippen molar-refractivity contribution in [2.45, 2.75) is 12.2 Å². The standard InChI is InChI=1S/C24H28O8/c1-5-23(25)31-19(13-27-3)15-29-18-10-11-21-17(12-18)8-7-9-22(21)30-16-20(14-28-4)32-24(26)6-2/h5-12,19-20H,1-2,13-16H2,3-4H3. The molecule has 0 bridgehead atoms. The molecule has 0 aromatic heterocycles. The Balaban J connectivity index is 2.07. The van der Waals surface area contributed by atoms with Gasteiger partial charge < -0.3 is 28.4 Å². The zero-order chi connectivity index (χ0) is 23.3. The molecule has 172 valence electrons. The minimum atomic E-state index is -0.570. The SMILES string of the molecule is C=CC(=O)OC(COC)COc1ccc2c(OCC(COC)OC(=O)C=C)cccc2c1. The fourth-order valence-corrected chi connectivity index (χ4v) is 2.85. The summed E-state index contributed by atoms with van der Waals surface area (Å²) >= 11 is 0. The van der Waals surface area contributed by atoms with Crippen molar-refractivity contribution in [2.75, 3.05) is 40.6 Å². The van der Waals surface area contributed by atoms with Crippen LogP contribution in [-0.4, -0.2) is 64.8 Å². The van der Waals surface area contributed by atoms with E-state index in [1.54, 1.807) is 6.07 Å². The molecule has 2 atom stereocenters. The van der Waals surface area contributed by atoms with Gasteiger partial charge >= 0.3 is 11.9 Å². The fraction of sp³-hybridized carbons (Fsp3) is 0.333. The molecule has 8 heteroatoms. The van der Waals surface area contributed by atoms with E-state index in [1.807, 2.05) is 30.3 Å². The summed E-state index contributed by atoms with van der Waals surface area (Å²) in [4.78, 5) is 22.9. The Morgan fingerprint density at radius 1 is 0.844 bits per heavy atom. The summed E-state index contributed by atoms with van der Waals surface area (Å²) in [5.41, 5.74) is 0. The Hall–Kier alpha value is -3.36. The number of rotatable bonds is 14. The lowest BCUT2D eigenvalue weighted by molar-refractivity contribution is -0.148. The van der Waals surface area contributed by atoms with Gasteiger partial charge in [0.1, 0.15) is 24.7 Å². The Bertz CT molecular complexity index is 923. The van der Waals surface area contributed by atoms with Crippen molar-refractivity contribution in [2.24, 2.45) is 0 Å². The third kappa shape index (κ3) is 7.72. The van der Waals surface area contributed by atoms with E-state index in [2.05, 4.69) is 13.2 Å². The molecule has 0 N–H and O–H groups in total. The molecule has 0 aliphatic heterocycles. The van der Waals surface area contributed by atoms with Gasteiger partial charge in [-0.3, -0.25) is 0 Å². The molecule has 32 heavy (non-hydrogen) atoms. The fourth-order valence-electron chi connectivity index (χ4n) is 2.85. The highest BCUT2D eigenvalue weighted by Crippen LogP contribution is 2.29. The predicted octanol–water partition coefficient (Wildman–Crippen LogP) is 3.09. The quantitative estimate of drug-likeness (QED) is 0.324. The van der Waals surface area contributed by atoms with Crippen molar-refractivity contribution in [1.29, 1.82) is 0 Å².